The van der Waals surface area contributed by atoms with Crippen LogP contribution in [-0.2, 0) is 14.8 Å². The van der Waals surface area contributed by atoms with Gasteiger partial charge in [-0.2, -0.15) is 0 Å². The topological polar surface area (TPSA) is 75.7 Å². The van der Waals surface area contributed by atoms with E-state index in [-0.39, 0.29) is 11.9 Å². The third-order valence-electron chi connectivity index (χ3n) is 4.27. The van der Waals surface area contributed by atoms with Crippen molar-refractivity contribution in [3.05, 3.63) is 29.8 Å². The molecule has 0 radical (unpaired) electrons. The van der Waals surface area contributed by atoms with Crippen LogP contribution in [0.5, 0.6) is 5.75 Å². The fourth-order valence-electron chi connectivity index (χ4n) is 3.00. The maximum absolute atomic E-state index is 12.8. The van der Waals surface area contributed by atoms with E-state index in [0.717, 1.165) is 11.8 Å². The fraction of sp³-hybridized carbons (Fsp3) is 0.611. The van der Waals surface area contributed by atoms with Gasteiger partial charge < -0.3 is 9.64 Å². The first-order valence-electron chi connectivity index (χ1n) is 8.53. The maximum Gasteiger partial charge on any atom is 0.266 e. The molecule has 0 saturated carbocycles. The lowest BCUT2D eigenvalue weighted by molar-refractivity contribution is -0.144. The molecule has 1 aliphatic heterocycles. The average molecular weight is 368 g/mol. The second-order valence-electron chi connectivity index (χ2n) is 7.47. The number of likely N-dealkylation sites (tertiary alicyclic amines) is 1. The fourth-order valence-corrected chi connectivity index (χ4v) is 3.80. The highest BCUT2D eigenvalue weighted by Crippen LogP contribution is 2.25. The maximum atomic E-state index is 12.8. The second kappa shape index (κ2) is 7.33. The molecule has 1 aliphatic rings. The van der Waals surface area contributed by atoms with Gasteiger partial charge in [-0.15, -0.1) is 0 Å². The average Bonchev–Trinajstić information content (AvgIpc) is 2.92. The van der Waals surface area contributed by atoms with Crippen LogP contribution in [0.2, 0.25) is 0 Å². The van der Waals surface area contributed by atoms with E-state index in [2.05, 4.69) is 18.6 Å². The van der Waals surface area contributed by atoms with Gasteiger partial charge in [-0.25, -0.2) is 13.1 Å². The zero-order chi connectivity index (χ0) is 18.8. The molecule has 1 aromatic carbocycles. The molecule has 0 spiro atoms. The molecule has 0 aromatic heterocycles. The third-order valence-corrected chi connectivity index (χ3v) is 5.03. The largest absolute Gasteiger partial charge is 0.478 e. The number of amides is 1. The van der Waals surface area contributed by atoms with Crippen molar-refractivity contribution in [2.75, 3.05) is 19.3 Å². The summed E-state index contributed by atoms with van der Waals surface area (Å²) in [5.41, 5.74) is 0.134. The number of hydrogen-bond acceptors (Lipinski definition) is 4. The summed E-state index contributed by atoms with van der Waals surface area (Å²) in [5.74, 6) is 0.901. The Hall–Kier alpha value is -1.60. The van der Waals surface area contributed by atoms with Gasteiger partial charge in [0.1, 0.15) is 5.75 Å². The molecule has 1 amide bonds. The molecule has 1 heterocycles. The van der Waals surface area contributed by atoms with E-state index in [1.165, 1.54) is 0 Å². The van der Waals surface area contributed by atoms with Gasteiger partial charge in [0.2, 0.25) is 10.0 Å². The lowest BCUT2D eigenvalue weighted by Gasteiger charge is -2.30. The van der Waals surface area contributed by atoms with Gasteiger partial charge in [-0.1, -0.05) is 26.0 Å². The molecular weight excluding hydrogens is 340 g/mol. The van der Waals surface area contributed by atoms with Crippen LogP contribution >= 0.6 is 0 Å². The van der Waals surface area contributed by atoms with Crippen molar-refractivity contribution < 1.29 is 17.9 Å². The molecule has 1 atom stereocenters. The van der Waals surface area contributed by atoms with Gasteiger partial charge >= 0.3 is 0 Å². The van der Waals surface area contributed by atoms with Crippen molar-refractivity contribution in [3.63, 3.8) is 0 Å². The minimum atomic E-state index is -3.27. The molecule has 25 heavy (non-hydrogen) atoms. The molecule has 1 aromatic rings. The Labute approximate surface area is 150 Å². The minimum Gasteiger partial charge on any atom is -0.478 e. The molecule has 1 N–H and O–H groups in total. The first kappa shape index (κ1) is 19.7. The summed E-state index contributed by atoms with van der Waals surface area (Å²) in [6.07, 6.45) is 1.74. The van der Waals surface area contributed by atoms with Gasteiger partial charge in [-0.05, 0) is 43.9 Å². The van der Waals surface area contributed by atoms with Crippen LogP contribution in [0.15, 0.2) is 24.3 Å². The number of benzene rings is 1. The standard InChI is InChI=1S/C18H28N2O4S/c1-13(2)14-7-6-8-16(11-14)24-18(3,4)17(21)20-10-9-15(12-20)19-25(5,22)23/h6-8,11,13,15,19H,9-10,12H2,1-5H3/t15-/m0/s1. The van der Waals surface area contributed by atoms with Gasteiger partial charge in [0.25, 0.3) is 5.91 Å². The Morgan fingerprint density at radius 3 is 2.64 bits per heavy atom. The van der Waals surface area contributed by atoms with Gasteiger partial charge in [0, 0.05) is 19.1 Å². The monoisotopic (exact) mass is 368 g/mol. The summed E-state index contributed by atoms with van der Waals surface area (Å²) < 4.78 is 31.2. The summed E-state index contributed by atoms with van der Waals surface area (Å²) in [6.45, 7) is 8.59. The zero-order valence-electron chi connectivity index (χ0n) is 15.6. The van der Waals surface area contributed by atoms with E-state index in [1.807, 2.05) is 24.3 Å². The summed E-state index contributed by atoms with van der Waals surface area (Å²) in [6, 6.07) is 7.52. The van der Waals surface area contributed by atoms with Crippen LogP contribution in [0.4, 0.5) is 0 Å². The van der Waals surface area contributed by atoms with Crippen LogP contribution < -0.4 is 9.46 Å². The highest BCUT2D eigenvalue weighted by molar-refractivity contribution is 7.88. The first-order chi connectivity index (χ1) is 11.5. The van der Waals surface area contributed by atoms with Crippen molar-refractivity contribution in [3.8, 4) is 5.75 Å². The molecule has 0 unspecified atom stereocenters. The number of hydrogen-bond donors (Lipinski definition) is 1. The van der Waals surface area contributed by atoms with Gasteiger partial charge in [0.05, 0.1) is 6.26 Å². The number of ether oxygens (including phenoxy) is 1. The summed E-state index contributed by atoms with van der Waals surface area (Å²) >= 11 is 0. The van der Waals surface area contributed by atoms with Crippen LogP contribution in [-0.4, -0.2) is 50.2 Å². The minimum absolute atomic E-state index is 0.139. The Bertz CT molecular complexity index is 728. The normalized spacial score (nSPS) is 18.6. The lowest BCUT2D eigenvalue weighted by Crippen LogP contribution is -2.49. The number of rotatable bonds is 6. The van der Waals surface area contributed by atoms with Crippen molar-refractivity contribution in [2.45, 2.75) is 51.7 Å². The molecule has 2 rings (SSSR count). The number of carbonyl (C=O) groups excluding carboxylic acids is 1. The van der Waals surface area contributed by atoms with Crippen molar-refractivity contribution in [1.82, 2.24) is 9.62 Å². The van der Waals surface area contributed by atoms with E-state index >= 15 is 0 Å². The lowest BCUT2D eigenvalue weighted by atomic mass is 10.0. The van der Waals surface area contributed by atoms with Crippen molar-refractivity contribution in [1.29, 1.82) is 0 Å². The molecular formula is C18H28N2O4S. The Morgan fingerprint density at radius 1 is 1.36 bits per heavy atom. The summed E-state index contributed by atoms with van der Waals surface area (Å²) in [5, 5.41) is 0. The predicted molar refractivity (Wildman–Crippen MR) is 98.2 cm³/mol. The smallest absolute Gasteiger partial charge is 0.266 e. The quantitative estimate of drug-likeness (QED) is 0.834. The summed E-state index contributed by atoms with van der Waals surface area (Å²) in [7, 11) is -3.27. The first-order valence-corrected chi connectivity index (χ1v) is 10.4. The molecule has 1 fully saturated rings. The number of sulfonamides is 1. The third kappa shape index (κ3) is 5.44. The van der Waals surface area contributed by atoms with Crippen molar-refractivity contribution >= 4 is 15.9 Å². The number of nitrogens with one attached hydrogen (secondary N) is 1. The van der Waals surface area contributed by atoms with Crippen LogP contribution in [0, 0.1) is 0 Å². The number of carbonyl (C=O) groups is 1. The van der Waals surface area contributed by atoms with E-state index in [4.69, 9.17) is 4.74 Å². The Morgan fingerprint density at radius 2 is 2.04 bits per heavy atom. The molecule has 7 heteroatoms. The van der Waals surface area contributed by atoms with Crippen LogP contribution in [0.25, 0.3) is 0 Å². The molecule has 140 valence electrons. The summed E-state index contributed by atoms with van der Waals surface area (Å²) in [4.78, 5) is 14.5. The highest BCUT2D eigenvalue weighted by atomic mass is 32.2. The van der Waals surface area contributed by atoms with E-state index in [0.29, 0.717) is 31.2 Å². The van der Waals surface area contributed by atoms with Gasteiger partial charge in [-0.3, -0.25) is 4.79 Å². The molecule has 1 saturated heterocycles. The van der Waals surface area contributed by atoms with Crippen LogP contribution in [0.3, 0.4) is 0 Å². The van der Waals surface area contributed by atoms with Crippen LogP contribution in [0.1, 0.15) is 45.6 Å². The molecule has 0 aliphatic carbocycles. The van der Waals surface area contributed by atoms with E-state index in [9.17, 15) is 13.2 Å². The second-order valence-corrected chi connectivity index (χ2v) is 9.25. The van der Waals surface area contributed by atoms with E-state index in [1.54, 1.807) is 18.7 Å². The Balaban J connectivity index is 2.04. The van der Waals surface area contributed by atoms with E-state index < -0.39 is 15.6 Å². The predicted octanol–water partition coefficient (Wildman–Crippen LogP) is 2.12. The highest BCUT2D eigenvalue weighted by Gasteiger charge is 2.38. The molecule has 0 bridgehead atoms. The molecule has 6 nitrogen and oxygen atoms in total. The number of nitrogens with zero attached hydrogens (tertiary/aromatic N) is 1. The zero-order valence-corrected chi connectivity index (χ0v) is 16.4. The Kier molecular flexibility index (Phi) is 5.79. The van der Waals surface area contributed by atoms with Gasteiger partial charge in [0.15, 0.2) is 5.60 Å². The SMILES string of the molecule is CC(C)c1cccc(OC(C)(C)C(=O)N2CC[C@H](NS(C)(=O)=O)C2)c1. The van der Waals surface area contributed by atoms with Crippen molar-refractivity contribution in [2.24, 2.45) is 0 Å².